The molecule has 0 radical (unpaired) electrons. The van der Waals surface area contributed by atoms with E-state index in [1.54, 1.807) is 0 Å². The number of amides is 2. The Morgan fingerprint density at radius 1 is 1.06 bits per heavy atom. The van der Waals surface area contributed by atoms with Gasteiger partial charge in [0.25, 0.3) is 11.5 Å². The number of nitrogens with zero attached hydrogens (tertiary/aromatic N) is 1. The summed E-state index contributed by atoms with van der Waals surface area (Å²) in [6.07, 6.45) is -4.57. The lowest BCUT2D eigenvalue weighted by Gasteiger charge is -2.10. The minimum atomic E-state index is -4.57. The van der Waals surface area contributed by atoms with Gasteiger partial charge < -0.3 is 16.4 Å². The predicted octanol–water partition coefficient (Wildman–Crippen LogP) is 3.63. The smallest absolute Gasteiger partial charge is 0.382 e. The van der Waals surface area contributed by atoms with Gasteiger partial charge in [0.2, 0.25) is 5.91 Å². The molecule has 5 N–H and O–H groups in total. The molecule has 0 saturated heterocycles. The number of hydrogen-bond donors (Lipinski definition) is 4. The maximum Gasteiger partial charge on any atom is 0.416 e. The molecule has 34 heavy (non-hydrogen) atoms. The van der Waals surface area contributed by atoms with Crippen molar-refractivity contribution in [1.29, 1.82) is 0 Å². The summed E-state index contributed by atoms with van der Waals surface area (Å²) in [6, 6.07) is 5.89. The van der Waals surface area contributed by atoms with Gasteiger partial charge in [-0.3, -0.25) is 19.4 Å². The molecule has 14 heteroatoms. The van der Waals surface area contributed by atoms with Crippen LogP contribution in [-0.2, 0) is 11.0 Å². The average molecular weight is 499 g/mol. The van der Waals surface area contributed by atoms with E-state index in [9.17, 15) is 36.3 Å². The van der Waals surface area contributed by atoms with E-state index >= 15 is 0 Å². The Kier molecular flexibility index (Phi) is 7.20. The van der Waals surface area contributed by atoms with Gasteiger partial charge in [-0.1, -0.05) is 11.8 Å². The molecule has 178 valence electrons. The second-order valence-electron chi connectivity index (χ2n) is 6.62. The van der Waals surface area contributed by atoms with Crippen LogP contribution in [0.1, 0.15) is 15.9 Å². The van der Waals surface area contributed by atoms with Gasteiger partial charge >= 0.3 is 6.18 Å². The van der Waals surface area contributed by atoms with E-state index in [0.29, 0.717) is 18.2 Å². The minimum absolute atomic E-state index is 0.0928. The number of aromatic nitrogens is 2. The number of anilines is 3. The Balaban J connectivity index is 1.64. The van der Waals surface area contributed by atoms with Crippen molar-refractivity contribution in [3.63, 3.8) is 0 Å². The highest BCUT2D eigenvalue weighted by molar-refractivity contribution is 7.99. The number of nitrogen functional groups attached to an aromatic ring is 1. The lowest BCUT2D eigenvalue weighted by molar-refractivity contribution is -0.137. The zero-order valence-corrected chi connectivity index (χ0v) is 17.6. The molecule has 0 aliphatic heterocycles. The van der Waals surface area contributed by atoms with E-state index in [-0.39, 0.29) is 22.2 Å². The molecule has 1 heterocycles. The maximum atomic E-state index is 13.6. The van der Waals surface area contributed by atoms with E-state index in [4.69, 9.17) is 5.73 Å². The summed E-state index contributed by atoms with van der Waals surface area (Å²) in [5.41, 5.74) is 3.04. The molecule has 8 nitrogen and oxygen atoms in total. The minimum Gasteiger partial charge on any atom is -0.382 e. The van der Waals surface area contributed by atoms with Gasteiger partial charge in [0.15, 0.2) is 11.0 Å². The lowest BCUT2D eigenvalue weighted by atomic mass is 10.1. The van der Waals surface area contributed by atoms with Crippen molar-refractivity contribution >= 4 is 40.8 Å². The standard InChI is InChI=1S/C20H14F5N5O3S/c21-11-5-6-13(12(22)7-11)27-14(31)8-34-19-29-16(26)15(18(33)30-19)28-17(32)9-1-3-10(4-2-9)20(23,24)25/h1-7H,8H2,(H,27,31)(H,28,32)(H3,26,29,30,33). The van der Waals surface area contributed by atoms with Crippen molar-refractivity contribution in [2.75, 3.05) is 22.1 Å². The van der Waals surface area contributed by atoms with Crippen LogP contribution in [0.15, 0.2) is 52.4 Å². The first kappa shape index (κ1) is 24.7. The Morgan fingerprint density at radius 3 is 2.32 bits per heavy atom. The molecule has 2 amide bonds. The number of halogens is 5. The molecule has 2 aromatic carbocycles. The molecule has 0 saturated carbocycles. The second-order valence-corrected chi connectivity index (χ2v) is 7.59. The number of carbonyl (C=O) groups excluding carboxylic acids is 2. The molecular formula is C20H14F5N5O3S. The van der Waals surface area contributed by atoms with E-state index < -0.39 is 52.3 Å². The van der Waals surface area contributed by atoms with Gasteiger partial charge in [-0.05, 0) is 36.4 Å². The van der Waals surface area contributed by atoms with Crippen LogP contribution in [0.5, 0.6) is 0 Å². The Hall–Kier alpha value is -3.94. The van der Waals surface area contributed by atoms with Crippen LogP contribution >= 0.6 is 11.8 Å². The highest BCUT2D eigenvalue weighted by Gasteiger charge is 2.30. The van der Waals surface area contributed by atoms with Crippen LogP contribution in [0.4, 0.5) is 39.1 Å². The molecule has 3 rings (SSSR count). The van der Waals surface area contributed by atoms with Crippen molar-refractivity contribution in [3.8, 4) is 0 Å². The summed E-state index contributed by atoms with van der Waals surface area (Å²) in [7, 11) is 0. The van der Waals surface area contributed by atoms with Crippen molar-refractivity contribution in [3.05, 3.63) is 75.6 Å². The average Bonchev–Trinajstić information content (AvgIpc) is 2.76. The van der Waals surface area contributed by atoms with E-state index in [1.165, 1.54) is 0 Å². The van der Waals surface area contributed by atoms with Crippen LogP contribution in [0.25, 0.3) is 0 Å². The van der Waals surface area contributed by atoms with E-state index in [0.717, 1.165) is 36.0 Å². The number of nitrogens with one attached hydrogen (secondary N) is 3. The van der Waals surface area contributed by atoms with Gasteiger partial charge in [0, 0.05) is 11.6 Å². The molecule has 0 unspecified atom stereocenters. The Labute approximate surface area is 191 Å². The lowest BCUT2D eigenvalue weighted by Crippen LogP contribution is -2.23. The third-order valence-corrected chi connectivity index (χ3v) is 5.06. The molecule has 0 bridgehead atoms. The fourth-order valence-electron chi connectivity index (χ4n) is 2.57. The van der Waals surface area contributed by atoms with Crippen molar-refractivity contribution in [2.45, 2.75) is 11.3 Å². The number of aromatic amines is 1. The number of thioether (sulfide) groups is 1. The van der Waals surface area contributed by atoms with Gasteiger partial charge in [0.1, 0.15) is 17.3 Å². The first-order valence-electron chi connectivity index (χ1n) is 9.20. The molecular weight excluding hydrogens is 485 g/mol. The zero-order valence-electron chi connectivity index (χ0n) is 16.8. The molecule has 1 aromatic heterocycles. The molecule has 3 aromatic rings. The van der Waals surface area contributed by atoms with Crippen LogP contribution < -0.4 is 21.9 Å². The summed E-state index contributed by atoms with van der Waals surface area (Å²) in [6.45, 7) is 0. The van der Waals surface area contributed by atoms with Crippen LogP contribution in [0.3, 0.4) is 0 Å². The van der Waals surface area contributed by atoms with Crippen molar-refractivity contribution in [2.24, 2.45) is 0 Å². The normalized spacial score (nSPS) is 11.2. The zero-order chi connectivity index (χ0) is 25.0. The number of carbonyl (C=O) groups is 2. The number of nitrogens with two attached hydrogens (primary N) is 1. The number of hydrogen-bond acceptors (Lipinski definition) is 6. The van der Waals surface area contributed by atoms with Gasteiger partial charge in [-0.25, -0.2) is 13.8 Å². The third-order valence-electron chi connectivity index (χ3n) is 4.18. The second kappa shape index (κ2) is 9.91. The van der Waals surface area contributed by atoms with Gasteiger partial charge in [-0.2, -0.15) is 13.2 Å². The fraction of sp³-hybridized carbons (Fsp3) is 0.100. The van der Waals surface area contributed by atoms with Crippen molar-refractivity contribution in [1.82, 2.24) is 9.97 Å². The molecule has 0 atom stereocenters. The van der Waals surface area contributed by atoms with Crippen LogP contribution in [0, 0.1) is 11.6 Å². The summed E-state index contributed by atoms with van der Waals surface area (Å²) in [4.78, 5) is 42.7. The quantitative estimate of drug-likeness (QED) is 0.233. The fourth-order valence-corrected chi connectivity index (χ4v) is 3.23. The first-order chi connectivity index (χ1) is 15.9. The first-order valence-corrected chi connectivity index (χ1v) is 10.2. The molecule has 0 aliphatic carbocycles. The monoisotopic (exact) mass is 499 g/mol. The summed E-state index contributed by atoms with van der Waals surface area (Å²) in [5.74, 6) is -4.09. The highest BCUT2D eigenvalue weighted by Crippen LogP contribution is 2.29. The van der Waals surface area contributed by atoms with Gasteiger partial charge in [-0.15, -0.1) is 0 Å². The number of rotatable bonds is 6. The molecule has 0 aliphatic rings. The van der Waals surface area contributed by atoms with Crippen LogP contribution in [-0.4, -0.2) is 27.5 Å². The summed E-state index contributed by atoms with van der Waals surface area (Å²) in [5, 5.41) is 4.31. The maximum absolute atomic E-state index is 13.6. The summed E-state index contributed by atoms with van der Waals surface area (Å²) < 4.78 is 64.4. The predicted molar refractivity (Wildman–Crippen MR) is 114 cm³/mol. The van der Waals surface area contributed by atoms with E-state index in [2.05, 4.69) is 20.6 Å². The number of benzene rings is 2. The Morgan fingerprint density at radius 2 is 1.74 bits per heavy atom. The SMILES string of the molecule is Nc1nc(SCC(=O)Nc2ccc(F)cc2F)[nH]c(=O)c1NC(=O)c1ccc(C(F)(F)F)cc1. The topological polar surface area (TPSA) is 130 Å². The third kappa shape index (κ3) is 6.10. The summed E-state index contributed by atoms with van der Waals surface area (Å²) >= 11 is 0.738. The number of H-pyrrole nitrogens is 1. The number of alkyl halides is 3. The van der Waals surface area contributed by atoms with Crippen LogP contribution in [0.2, 0.25) is 0 Å². The molecule has 0 spiro atoms. The van der Waals surface area contributed by atoms with Crippen molar-refractivity contribution < 1.29 is 31.5 Å². The Bertz CT molecular complexity index is 1300. The van der Waals surface area contributed by atoms with E-state index in [1.807, 2.05) is 0 Å². The van der Waals surface area contributed by atoms with Gasteiger partial charge in [0.05, 0.1) is 17.0 Å². The highest BCUT2D eigenvalue weighted by atomic mass is 32.2. The molecule has 0 fully saturated rings. The largest absolute Gasteiger partial charge is 0.416 e.